The van der Waals surface area contributed by atoms with Crippen LogP contribution in [0.1, 0.15) is 41.5 Å². The maximum absolute atomic E-state index is 13.2. The Bertz CT molecular complexity index is 871. The molecule has 1 amide bonds. The zero-order valence-electron chi connectivity index (χ0n) is 17.6. The molecule has 9 nitrogen and oxygen atoms in total. The molecule has 0 aliphatic carbocycles. The number of carbonyl (C=O) groups excluding carboxylic acids is 1. The number of fused-ring (bicyclic) bond motifs is 2. The summed E-state index contributed by atoms with van der Waals surface area (Å²) in [5.41, 5.74) is -0.442. The minimum Gasteiger partial charge on any atom is -0.468 e. The van der Waals surface area contributed by atoms with E-state index in [0.717, 1.165) is 76.7 Å². The van der Waals surface area contributed by atoms with Crippen LogP contribution in [0, 0.1) is 0 Å². The third-order valence-electron chi connectivity index (χ3n) is 6.67. The largest absolute Gasteiger partial charge is 0.468 e. The number of piperidine rings is 1. The number of rotatable bonds is 3. The summed E-state index contributed by atoms with van der Waals surface area (Å²) in [6.07, 6.45) is 4.39. The number of furan rings is 1. The lowest BCUT2D eigenvalue weighted by Gasteiger charge is -2.43. The van der Waals surface area contributed by atoms with Crippen LogP contribution in [0.2, 0.25) is 0 Å². The summed E-state index contributed by atoms with van der Waals surface area (Å²) in [6.45, 7) is 7.25. The van der Waals surface area contributed by atoms with Crippen molar-refractivity contribution in [3.05, 3.63) is 35.8 Å². The van der Waals surface area contributed by atoms with Gasteiger partial charge in [-0.2, -0.15) is 0 Å². The maximum atomic E-state index is 13.2. The second-order valence-electron chi connectivity index (χ2n) is 8.65. The molecule has 162 valence electrons. The highest BCUT2D eigenvalue weighted by Crippen LogP contribution is 2.38. The van der Waals surface area contributed by atoms with Crippen molar-refractivity contribution in [1.29, 1.82) is 0 Å². The minimum absolute atomic E-state index is 0.00337. The molecule has 30 heavy (non-hydrogen) atoms. The molecular weight excluding hydrogens is 384 g/mol. The van der Waals surface area contributed by atoms with E-state index in [0.29, 0.717) is 19.0 Å². The number of nitrogens with zero attached hydrogens (tertiary/aromatic N) is 6. The van der Waals surface area contributed by atoms with Crippen molar-refractivity contribution < 1.29 is 13.9 Å². The zero-order chi connectivity index (χ0) is 20.6. The smallest absolute Gasteiger partial charge is 0.291 e. The van der Waals surface area contributed by atoms with E-state index < -0.39 is 5.60 Å². The normalized spacial score (nSPS) is 22.8. The van der Waals surface area contributed by atoms with Gasteiger partial charge in [0.15, 0.2) is 5.82 Å². The minimum atomic E-state index is -0.442. The van der Waals surface area contributed by atoms with E-state index in [-0.39, 0.29) is 5.91 Å². The third kappa shape index (κ3) is 3.66. The monoisotopic (exact) mass is 414 g/mol. The van der Waals surface area contributed by atoms with E-state index in [9.17, 15) is 4.79 Å². The van der Waals surface area contributed by atoms with Crippen molar-refractivity contribution in [2.24, 2.45) is 0 Å². The van der Waals surface area contributed by atoms with E-state index in [1.807, 2.05) is 21.6 Å². The second kappa shape index (κ2) is 8.13. The number of ether oxygens (including phenoxy) is 1. The summed E-state index contributed by atoms with van der Waals surface area (Å²) in [4.78, 5) is 19.8. The van der Waals surface area contributed by atoms with Crippen LogP contribution in [-0.4, -0.2) is 88.3 Å². The molecule has 2 aromatic heterocycles. The molecule has 3 aliphatic heterocycles. The number of likely N-dealkylation sites (tertiary alicyclic amines) is 1. The molecule has 0 unspecified atom stereocenters. The summed E-state index contributed by atoms with van der Waals surface area (Å²) in [5, 5.41) is 8.83. The lowest BCUT2D eigenvalue weighted by Crippen LogP contribution is -2.48. The van der Waals surface area contributed by atoms with Gasteiger partial charge in [-0.05, 0) is 45.0 Å². The third-order valence-corrected chi connectivity index (χ3v) is 6.67. The van der Waals surface area contributed by atoms with Crippen molar-refractivity contribution in [2.45, 2.75) is 38.0 Å². The Kier molecular flexibility index (Phi) is 5.34. The van der Waals surface area contributed by atoms with Gasteiger partial charge in [-0.3, -0.25) is 9.69 Å². The van der Waals surface area contributed by atoms with Crippen LogP contribution in [0.5, 0.6) is 0 Å². The Morgan fingerprint density at radius 3 is 2.77 bits per heavy atom. The number of hydrogen-bond acceptors (Lipinski definition) is 7. The molecule has 2 fully saturated rings. The molecule has 0 bridgehead atoms. The Balaban J connectivity index is 1.31. The van der Waals surface area contributed by atoms with Gasteiger partial charge in [-0.25, -0.2) is 0 Å². The Morgan fingerprint density at radius 2 is 1.97 bits per heavy atom. The Morgan fingerprint density at radius 1 is 1.10 bits per heavy atom. The predicted molar refractivity (Wildman–Crippen MR) is 109 cm³/mol. The number of aromatic nitrogens is 3. The summed E-state index contributed by atoms with van der Waals surface area (Å²) >= 11 is 0. The predicted octanol–water partition coefficient (Wildman–Crippen LogP) is 1.17. The van der Waals surface area contributed by atoms with Crippen molar-refractivity contribution in [3.8, 4) is 0 Å². The fraction of sp³-hybridized carbons (Fsp3) is 0.667. The first-order chi connectivity index (χ1) is 14.6. The first-order valence-electron chi connectivity index (χ1n) is 10.9. The van der Waals surface area contributed by atoms with Gasteiger partial charge in [0.25, 0.3) is 5.91 Å². The summed E-state index contributed by atoms with van der Waals surface area (Å²) in [6, 6.07) is 3.94. The van der Waals surface area contributed by atoms with E-state index in [1.165, 1.54) is 0 Å². The lowest BCUT2D eigenvalue weighted by atomic mass is 9.89. The lowest BCUT2D eigenvalue weighted by molar-refractivity contribution is -0.117. The second-order valence-corrected chi connectivity index (χ2v) is 8.65. The van der Waals surface area contributed by atoms with Crippen LogP contribution < -0.4 is 0 Å². The molecule has 2 saturated heterocycles. The van der Waals surface area contributed by atoms with Gasteiger partial charge < -0.3 is 23.5 Å². The highest BCUT2D eigenvalue weighted by Gasteiger charge is 2.45. The van der Waals surface area contributed by atoms with E-state index in [4.69, 9.17) is 9.15 Å². The number of likely N-dealkylation sites (N-methyl/N-ethyl adjacent to an activating group) is 1. The van der Waals surface area contributed by atoms with Gasteiger partial charge in [0.1, 0.15) is 11.4 Å². The van der Waals surface area contributed by atoms with Crippen LogP contribution in [0.25, 0.3) is 0 Å². The van der Waals surface area contributed by atoms with Gasteiger partial charge in [-0.15, -0.1) is 10.2 Å². The van der Waals surface area contributed by atoms with Crippen LogP contribution in [0.3, 0.4) is 0 Å². The van der Waals surface area contributed by atoms with Gasteiger partial charge in [0.05, 0.1) is 19.4 Å². The molecule has 2 aromatic rings. The van der Waals surface area contributed by atoms with Crippen molar-refractivity contribution >= 4 is 5.91 Å². The van der Waals surface area contributed by atoms with Crippen LogP contribution in [0.15, 0.2) is 22.8 Å². The number of carbonyl (C=O) groups is 1. The molecule has 0 saturated carbocycles. The number of amides is 1. The van der Waals surface area contributed by atoms with Crippen LogP contribution in [-0.2, 0) is 23.4 Å². The quantitative estimate of drug-likeness (QED) is 0.746. The molecule has 5 heterocycles. The Hall–Kier alpha value is -2.23. The van der Waals surface area contributed by atoms with Gasteiger partial charge in [0, 0.05) is 39.3 Å². The molecule has 9 heteroatoms. The van der Waals surface area contributed by atoms with Gasteiger partial charge in [0.2, 0.25) is 5.82 Å². The fourth-order valence-corrected chi connectivity index (χ4v) is 4.86. The SMILES string of the molecule is CN1CCCN(C(=O)c2nnc3n2CCOC32CCN(Cc3ccco3)CC2)CC1. The van der Waals surface area contributed by atoms with E-state index >= 15 is 0 Å². The summed E-state index contributed by atoms with van der Waals surface area (Å²) < 4.78 is 13.8. The molecule has 0 N–H and O–H groups in total. The van der Waals surface area contributed by atoms with Crippen molar-refractivity contribution in [2.75, 3.05) is 52.9 Å². The molecular formula is C21H30N6O3. The summed E-state index contributed by atoms with van der Waals surface area (Å²) in [5.74, 6) is 2.27. The van der Waals surface area contributed by atoms with Gasteiger partial charge in [-0.1, -0.05) is 0 Å². The molecule has 0 aromatic carbocycles. The molecule has 0 radical (unpaired) electrons. The van der Waals surface area contributed by atoms with Gasteiger partial charge >= 0.3 is 0 Å². The zero-order valence-corrected chi connectivity index (χ0v) is 17.6. The van der Waals surface area contributed by atoms with E-state index in [1.54, 1.807) is 6.26 Å². The van der Waals surface area contributed by atoms with Crippen molar-refractivity contribution in [1.82, 2.24) is 29.5 Å². The summed E-state index contributed by atoms with van der Waals surface area (Å²) in [7, 11) is 2.10. The molecule has 1 spiro atoms. The highest BCUT2D eigenvalue weighted by molar-refractivity contribution is 5.90. The van der Waals surface area contributed by atoms with E-state index in [2.05, 4.69) is 27.0 Å². The number of hydrogen-bond donors (Lipinski definition) is 0. The highest BCUT2D eigenvalue weighted by atomic mass is 16.5. The Labute approximate surface area is 176 Å². The average molecular weight is 415 g/mol. The average Bonchev–Trinajstić information content (AvgIpc) is 3.37. The standard InChI is InChI=1S/C21H30N6O3/c1-24-7-3-8-26(12-11-24)19(28)18-22-23-20-21(30-15-13-27(18)20)5-9-25(10-6-21)16-17-4-2-14-29-17/h2,4,14H,3,5-13,15-16H2,1H3. The fourth-order valence-electron chi connectivity index (χ4n) is 4.86. The first kappa shape index (κ1) is 19.7. The first-order valence-corrected chi connectivity index (χ1v) is 10.9. The van der Waals surface area contributed by atoms with Crippen LogP contribution >= 0.6 is 0 Å². The maximum Gasteiger partial charge on any atom is 0.291 e. The molecule has 3 aliphatic rings. The molecule has 0 atom stereocenters. The van der Waals surface area contributed by atoms with Crippen molar-refractivity contribution in [3.63, 3.8) is 0 Å². The molecule has 5 rings (SSSR count). The topological polar surface area (TPSA) is 79.9 Å². The van der Waals surface area contributed by atoms with Crippen LogP contribution in [0.4, 0.5) is 0 Å².